The summed E-state index contributed by atoms with van der Waals surface area (Å²) in [6, 6.07) is -2.43. The largest absolute Gasteiger partial charge is 0.480 e. The zero-order valence-corrected chi connectivity index (χ0v) is 14.7. The number of hydrogen-bond acceptors (Lipinski definition) is 4. The molecule has 3 amide bonds. The minimum atomic E-state index is -1.10. The van der Waals surface area contributed by atoms with Crippen LogP contribution in [-0.2, 0) is 19.2 Å². The first kappa shape index (κ1) is 19.9. The third-order valence-corrected chi connectivity index (χ3v) is 4.03. The van der Waals surface area contributed by atoms with Gasteiger partial charge in [-0.05, 0) is 32.1 Å². The van der Waals surface area contributed by atoms with E-state index in [9.17, 15) is 19.2 Å². The standard InChI is InChI=1S/C16H27N3O5/c1-9(2)8-12(16(23)24)18-14(21)10(3)17-15(22)13-6-5-7-19(13)11(4)20/h9-10,12-13H,5-8H2,1-4H3,(H,17,22)(H,18,21)(H,23,24)/t10-,12-,13-/m0/s1. The molecule has 0 radical (unpaired) electrons. The third-order valence-electron chi connectivity index (χ3n) is 4.03. The van der Waals surface area contributed by atoms with Crippen LogP contribution in [0.5, 0.6) is 0 Å². The van der Waals surface area contributed by atoms with Gasteiger partial charge in [0.25, 0.3) is 0 Å². The lowest BCUT2D eigenvalue weighted by Gasteiger charge is -2.25. The molecular weight excluding hydrogens is 314 g/mol. The van der Waals surface area contributed by atoms with Gasteiger partial charge in [-0.1, -0.05) is 13.8 Å². The fraction of sp³-hybridized carbons (Fsp3) is 0.750. The molecule has 8 nitrogen and oxygen atoms in total. The van der Waals surface area contributed by atoms with Gasteiger partial charge in [-0.15, -0.1) is 0 Å². The molecule has 0 aromatic heterocycles. The van der Waals surface area contributed by atoms with Crippen molar-refractivity contribution in [2.45, 2.75) is 65.1 Å². The predicted molar refractivity (Wildman–Crippen MR) is 87.0 cm³/mol. The molecule has 0 aromatic carbocycles. The Morgan fingerprint density at radius 3 is 2.29 bits per heavy atom. The van der Waals surface area contributed by atoms with Crippen molar-refractivity contribution < 1.29 is 24.3 Å². The molecule has 1 heterocycles. The molecule has 0 bridgehead atoms. The second kappa shape index (κ2) is 8.65. The fourth-order valence-electron chi connectivity index (χ4n) is 2.78. The van der Waals surface area contributed by atoms with Gasteiger partial charge < -0.3 is 20.6 Å². The van der Waals surface area contributed by atoms with Crippen molar-refractivity contribution in [2.75, 3.05) is 6.54 Å². The molecule has 1 aliphatic rings. The Bertz CT molecular complexity index is 506. The van der Waals surface area contributed by atoms with Gasteiger partial charge in [0.1, 0.15) is 18.1 Å². The molecule has 0 saturated carbocycles. The first-order chi connectivity index (χ1) is 11.1. The smallest absolute Gasteiger partial charge is 0.326 e. The van der Waals surface area contributed by atoms with Gasteiger partial charge >= 0.3 is 5.97 Å². The molecule has 1 aliphatic heterocycles. The molecule has 0 aliphatic carbocycles. The number of aliphatic carboxylic acids is 1. The number of likely N-dealkylation sites (tertiary alicyclic amines) is 1. The Labute approximate surface area is 142 Å². The molecule has 0 aromatic rings. The zero-order valence-electron chi connectivity index (χ0n) is 14.7. The molecule has 1 fully saturated rings. The number of amides is 3. The van der Waals surface area contributed by atoms with Gasteiger partial charge in [0.05, 0.1) is 0 Å². The SMILES string of the molecule is CC(=O)N1CCC[C@H]1C(=O)N[C@@H](C)C(=O)N[C@@H](CC(C)C)C(=O)O. The predicted octanol–water partition coefficient (Wildman–Crippen LogP) is 0.118. The van der Waals surface area contributed by atoms with Crippen molar-refractivity contribution in [1.29, 1.82) is 0 Å². The molecular formula is C16H27N3O5. The lowest BCUT2D eigenvalue weighted by Crippen LogP contribution is -2.54. The summed E-state index contributed by atoms with van der Waals surface area (Å²) in [5.41, 5.74) is 0. The van der Waals surface area contributed by atoms with Gasteiger partial charge in [0.15, 0.2) is 0 Å². The van der Waals surface area contributed by atoms with Crippen LogP contribution in [0, 0.1) is 5.92 Å². The quantitative estimate of drug-likeness (QED) is 0.608. The van der Waals surface area contributed by atoms with Crippen molar-refractivity contribution in [3.8, 4) is 0 Å². The number of carbonyl (C=O) groups is 4. The highest BCUT2D eigenvalue weighted by Crippen LogP contribution is 2.17. The first-order valence-electron chi connectivity index (χ1n) is 8.24. The summed E-state index contributed by atoms with van der Waals surface area (Å²) >= 11 is 0. The Morgan fingerprint density at radius 1 is 1.17 bits per heavy atom. The summed E-state index contributed by atoms with van der Waals surface area (Å²) in [5, 5.41) is 14.2. The van der Waals surface area contributed by atoms with E-state index in [2.05, 4.69) is 10.6 Å². The van der Waals surface area contributed by atoms with Crippen LogP contribution in [0.4, 0.5) is 0 Å². The van der Waals surface area contributed by atoms with Crippen molar-refractivity contribution in [3.63, 3.8) is 0 Å². The van der Waals surface area contributed by atoms with E-state index in [1.165, 1.54) is 18.7 Å². The summed E-state index contributed by atoms with van der Waals surface area (Å²) in [6.45, 7) is 7.16. The average molecular weight is 341 g/mol. The molecule has 3 atom stereocenters. The van der Waals surface area contributed by atoms with Gasteiger partial charge in [-0.25, -0.2) is 4.79 Å². The second-order valence-electron chi connectivity index (χ2n) is 6.63. The fourth-order valence-corrected chi connectivity index (χ4v) is 2.78. The van der Waals surface area contributed by atoms with E-state index < -0.39 is 30.0 Å². The first-order valence-corrected chi connectivity index (χ1v) is 8.24. The monoisotopic (exact) mass is 341 g/mol. The topological polar surface area (TPSA) is 116 Å². The van der Waals surface area contributed by atoms with Gasteiger partial charge in [-0.3, -0.25) is 14.4 Å². The van der Waals surface area contributed by atoms with Crippen LogP contribution in [0.3, 0.4) is 0 Å². The Hall–Kier alpha value is -2.12. The third kappa shape index (κ3) is 5.50. The summed E-state index contributed by atoms with van der Waals surface area (Å²) in [6.07, 6.45) is 1.61. The second-order valence-corrected chi connectivity index (χ2v) is 6.63. The Balaban J connectivity index is 2.61. The lowest BCUT2D eigenvalue weighted by atomic mass is 10.0. The molecule has 8 heteroatoms. The van der Waals surface area contributed by atoms with Crippen LogP contribution in [0.1, 0.15) is 47.0 Å². The van der Waals surface area contributed by atoms with E-state index in [4.69, 9.17) is 5.11 Å². The van der Waals surface area contributed by atoms with Crippen LogP contribution in [-0.4, -0.2) is 58.4 Å². The maximum atomic E-state index is 12.3. The normalized spacial score (nSPS) is 19.7. The van der Waals surface area contributed by atoms with E-state index >= 15 is 0 Å². The highest BCUT2D eigenvalue weighted by Gasteiger charge is 2.34. The Morgan fingerprint density at radius 2 is 1.79 bits per heavy atom. The van der Waals surface area contributed by atoms with Crippen LogP contribution in [0.15, 0.2) is 0 Å². The Kier molecular flexibility index (Phi) is 7.18. The van der Waals surface area contributed by atoms with E-state index in [-0.39, 0.29) is 17.7 Å². The minimum Gasteiger partial charge on any atom is -0.480 e. The molecule has 1 saturated heterocycles. The minimum absolute atomic E-state index is 0.110. The molecule has 0 unspecified atom stereocenters. The molecule has 24 heavy (non-hydrogen) atoms. The van der Waals surface area contributed by atoms with Crippen molar-refractivity contribution in [1.82, 2.24) is 15.5 Å². The highest BCUT2D eigenvalue weighted by molar-refractivity contribution is 5.93. The van der Waals surface area contributed by atoms with Crippen LogP contribution < -0.4 is 10.6 Å². The van der Waals surface area contributed by atoms with Crippen molar-refractivity contribution in [3.05, 3.63) is 0 Å². The molecule has 3 N–H and O–H groups in total. The number of hydrogen-bond donors (Lipinski definition) is 3. The van der Waals surface area contributed by atoms with Gasteiger partial charge in [0.2, 0.25) is 17.7 Å². The number of nitrogens with one attached hydrogen (secondary N) is 2. The van der Waals surface area contributed by atoms with Crippen LogP contribution in [0.25, 0.3) is 0 Å². The summed E-state index contributed by atoms with van der Waals surface area (Å²) in [4.78, 5) is 48.6. The summed E-state index contributed by atoms with van der Waals surface area (Å²) in [7, 11) is 0. The van der Waals surface area contributed by atoms with Crippen molar-refractivity contribution >= 4 is 23.7 Å². The molecule has 0 spiro atoms. The maximum absolute atomic E-state index is 12.3. The summed E-state index contributed by atoms with van der Waals surface area (Å²) in [5.74, 6) is -2.11. The van der Waals surface area contributed by atoms with Crippen LogP contribution in [0.2, 0.25) is 0 Å². The van der Waals surface area contributed by atoms with E-state index in [1.807, 2.05) is 13.8 Å². The maximum Gasteiger partial charge on any atom is 0.326 e. The van der Waals surface area contributed by atoms with E-state index in [1.54, 1.807) is 0 Å². The number of nitrogens with zero attached hydrogens (tertiary/aromatic N) is 1. The highest BCUT2D eigenvalue weighted by atomic mass is 16.4. The van der Waals surface area contributed by atoms with Crippen molar-refractivity contribution in [2.24, 2.45) is 5.92 Å². The number of rotatable bonds is 7. The molecule has 136 valence electrons. The van der Waals surface area contributed by atoms with Gasteiger partial charge in [0, 0.05) is 13.5 Å². The summed E-state index contributed by atoms with van der Waals surface area (Å²) < 4.78 is 0. The number of carboxylic acid groups (broad SMARTS) is 1. The molecule has 1 rings (SSSR count). The lowest BCUT2D eigenvalue weighted by molar-refractivity contribution is -0.143. The number of carbonyl (C=O) groups excluding carboxylic acids is 3. The van der Waals surface area contributed by atoms with Gasteiger partial charge in [-0.2, -0.15) is 0 Å². The van der Waals surface area contributed by atoms with E-state index in [0.29, 0.717) is 19.4 Å². The number of carboxylic acids is 1. The van der Waals surface area contributed by atoms with Crippen LogP contribution >= 0.6 is 0 Å². The van der Waals surface area contributed by atoms with E-state index in [0.717, 1.165) is 6.42 Å². The average Bonchev–Trinajstić information content (AvgIpc) is 2.95. The zero-order chi connectivity index (χ0) is 18.4.